The largest absolute Gasteiger partial charge is 0.416 e. The van der Waals surface area contributed by atoms with E-state index >= 15 is 0 Å². The van der Waals surface area contributed by atoms with E-state index in [1.54, 1.807) is 19.4 Å². The van der Waals surface area contributed by atoms with Crippen molar-refractivity contribution in [3.8, 4) is 0 Å². The molecule has 114 valence electrons. The summed E-state index contributed by atoms with van der Waals surface area (Å²) >= 11 is 3.33. The van der Waals surface area contributed by atoms with Gasteiger partial charge in [0.15, 0.2) is 0 Å². The summed E-state index contributed by atoms with van der Waals surface area (Å²) in [5, 5.41) is 3.03. The number of nitrogens with zero attached hydrogens (tertiary/aromatic N) is 2. The molecule has 1 atom stereocenters. The molecule has 0 saturated carbocycles. The van der Waals surface area contributed by atoms with Crippen LogP contribution < -0.4 is 5.32 Å². The van der Waals surface area contributed by atoms with Gasteiger partial charge in [-0.2, -0.15) is 13.2 Å². The van der Waals surface area contributed by atoms with E-state index in [2.05, 4.69) is 26.2 Å². The molecule has 0 radical (unpaired) electrons. The smallest absolute Gasteiger partial charge is 0.334 e. The highest BCUT2D eigenvalue weighted by molar-refractivity contribution is 9.10. The Morgan fingerprint density at radius 3 is 2.67 bits per heavy atom. The Balaban J connectivity index is 2.52. The van der Waals surface area contributed by atoms with Crippen LogP contribution in [0.25, 0.3) is 0 Å². The molecular formula is C14H15BrF3N3. The number of aromatic nitrogens is 2. The second-order valence-corrected chi connectivity index (χ2v) is 5.38. The summed E-state index contributed by atoms with van der Waals surface area (Å²) in [4.78, 5) is 4.27. The number of alkyl halides is 3. The summed E-state index contributed by atoms with van der Waals surface area (Å²) in [7, 11) is 1.70. The van der Waals surface area contributed by atoms with Crippen LogP contribution >= 0.6 is 15.9 Å². The minimum Gasteiger partial charge on any atom is -0.334 e. The van der Waals surface area contributed by atoms with Gasteiger partial charge in [-0.3, -0.25) is 0 Å². The van der Waals surface area contributed by atoms with E-state index in [-0.39, 0.29) is 0 Å². The first kappa shape index (κ1) is 16.0. The minimum atomic E-state index is -4.37. The molecule has 0 bridgehead atoms. The van der Waals surface area contributed by atoms with Crippen LogP contribution in [0.1, 0.15) is 29.9 Å². The lowest BCUT2D eigenvalue weighted by Gasteiger charge is -2.20. The van der Waals surface area contributed by atoms with E-state index in [9.17, 15) is 13.2 Å². The van der Waals surface area contributed by atoms with Crippen molar-refractivity contribution in [1.29, 1.82) is 0 Å². The Hall–Kier alpha value is -1.34. The van der Waals surface area contributed by atoms with Crippen molar-refractivity contribution in [1.82, 2.24) is 14.9 Å². The lowest BCUT2D eigenvalue weighted by atomic mass is 10.0. The van der Waals surface area contributed by atoms with Crippen LogP contribution in [-0.2, 0) is 12.7 Å². The Morgan fingerprint density at radius 1 is 1.38 bits per heavy atom. The monoisotopic (exact) mass is 361 g/mol. The normalized spacial score (nSPS) is 13.4. The number of benzene rings is 1. The van der Waals surface area contributed by atoms with Crippen LogP contribution in [0.3, 0.4) is 0 Å². The third-order valence-electron chi connectivity index (χ3n) is 3.27. The maximum absolute atomic E-state index is 12.9. The molecule has 0 aliphatic heterocycles. The van der Waals surface area contributed by atoms with Gasteiger partial charge >= 0.3 is 6.18 Å². The van der Waals surface area contributed by atoms with Gasteiger partial charge < -0.3 is 9.88 Å². The van der Waals surface area contributed by atoms with Gasteiger partial charge in [-0.25, -0.2) is 4.98 Å². The molecule has 2 rings (SSSR count). The molecule has 0 saturated heterocycles. The topological polar surface area (TPSA) is 29.9 Å². The number of rotatable bonds is 4. The molecule has 1 aromatic heterocycles. The maximum atomic E-state index is 12.9. The number of aryl methyl sites for hydroxylation is 1. The van der Waals surface area contributed by atoms with E-state index in [0.29, 0.717) is 22.4 Å². The molecular weight excluding hydrogens is 347 g/mol. The number of hydrogen-bond acceptors (Lipinski definition) is 2. The van der Waals surface area contributed by atoms with Crippen molar-refractivity contribution in [3.63, 3.8) is 0 Å². The zero-order valence-electron chi connectivity index (χ0n) is 11.6. The average molecular weight is 362 g/mol. The summed E-state index contributed by atoms with van der Waals surface area (Å²) in [6.45, 7) is 2.66. The Kier molecular flexibility index (Phi) is 4.73. The maximum Gasteiger partial charge on any atom is 0.416 e. The highest BCUT2D eigenvalue weighted by Crippen LogP contribution is 2.35. The second kappa shape index (κ2) is 6.19. The van der Waals surface area contributed by atoms with Crippen molar-refractivity contribution in [2.24, 2.45) is 0 Å². The number of nitrogens with one attached hydrogen (secondary N) is 1. The number of imidazole rings is 1. The van der Waals surface area contributed by atoms with Gasteiger partial charge in [-0.15, -0.1) is 0 Å². The SMILES string of the molecule is CCn1ccnc1C(NC)c1cc(C(F)(F)F)ccc1Br. The van der Waals surface area contributed by atoms with Crippen molar-refractivity contribution in [3.05, 3.63) is 52.0 Å². The van der Waals surface area contributed by atoms with Crippen LogP contribution in [-0.4, -0.2) is 16.6 Å². The van der Waals surface area contributed by atoms with Gasteiger partial charge in [0.2, 0.25) is 0 Å². The van der Waals surface area contributed by atoms with E-state index in [1.807, 2.05) is 11.5 Å². The molecule has 1 unspecified atom stereocenters. The van der Waals surface area contributed by atoms with Crippen LogP contribution in [0.4, 0.5) is 13.2 Å². The first-order valence-corrected chi connectivity index (χ1v) is 7.22. The Morgan fingerprint density at radius 2 is 2.10 bits per heavy atom. The van der Waals surface area contributed by atoms with Gasteiger partial charge in [0, 0.05) is 23.4 Å². The highest BCUT2D eigenvalue weighted by Gasteiger charge is 2.32. The number of halogens is 4. The third-order valence-corrected chi connectivity index (χ3v) is 3.99. The number of hydrogen-bond donors (Lipinski definition) is 1. The lowest BCUT2D eigenvalue weighted by Crippen LogP contribution is -2.23. The fourth-order valence-electron chi connectivity index (χ4n) is 2.21. The molecule has 1 N–H and O–H groups in total. The molecule has 1 aromatic carbocycles. The lowest BCUT2D eigenvalue weighted by molar-refractivity contribution is -0.137. The van der Waals surface area contributed by atoms with Gasteiger partial charge in [-0.05, 0) is 37.7 Å². The molecule has 0 spiro atoms. The molecule has 1 heterocycles. The van der Waals surface area contributed by atoms with E-state index in [4.69, 9.17) is 0 Å². The summed E-state index contributed by atoms with van der Waals surface area (Å²) in [5.41, 5.74) is -0.163. The minimum absolute atomic E-state index is 0.420. The Bertz CT molecular complexity index is 622. The van der Waals surface area contributed by atoms with Crippen LogP contribution in [0.5, 0.6) is 0 Å². The van der Waals surface area contributed by atoms with Crippen LogP contribution in [0.15, 0.2) is 35.1 Å². The quantitative estimate of drug-likeness (QED) is 0.891. The van der Waals surface area contributed by atoms with E-state index in [0.717, 1.165) is 12.1 Å². The van der Waals surface area contributed by atoms with Crippen molar-refractivity contribution in [2.75, 3.05) is 7.05 Å². The predicted molar refractivity (Wildman–Crippen MR) is 77.9 cm³/mol. The highest BCUT2D eigenvalue weighted by atomic mass is 79.9. The summed E-state index contributed by atoms with van der Waals surface area (Å²) in [5.74, 6) is 0.681. The summed E-state index contributed by atoms with van der Waals surface area (Å²) in [6, 6.07) is 3.21. The van der Waals surface area contributed by atoms with Gasteiger partial charge in [0.25, 0.3) is 0 Å². The summed E-state index contributed by atoms with van der Waals surface area (Å²) < 4.78 is 41.2. The molecule has 2 aromatic rings. The fraction of sp³-hybridized carbons (Fsp3) is 0.357. The molecule has 0 aliphatic carbocycles. The molecule has 3 nitrogen and oxygen atoms in total. The molecule has 0 aliphatic rings. The first-order chi connectivity index (χ1) is 9.88. The average Bonchev–Trinajstić information content (AvgIpc) is 2.88. The Labute approximate surface area is 129 Å². The summed E-state index contributed by atoms with van der Waals surface area (Å²) in [6.07, 6.45) is -0.917. The molecule has 7 heteroatoms. The third kappa shape index (κ3) is 3.29. The first-order valence-electron chi connectivity index (χ1n) is 6.43. The standard InChI is InChI=1S/C14H15BrF3N3/c1-3-21-7-6-20-13(21)12(19-2)10-8-9(14(16,17)18)4-5-11(10)15/h4-8,12,19H,3H2,1-2H3. The van der Waals surface area contributed by atoms with Gasteiger partial charge in [0.05, 0.1) is 11.6 Å². The van der Waals surface area contributed by atoms with Crippen LogP contribution in [0, 0.1) is 0 Å². The van der Waals surface area contributed by atoms with E-state index < -0.39 is 17.8 Å². The van der Waals surface area contributed by atoms with Crippen molar-refractivity contribution >= 4 is 15.9 Å². The van der Waals surface area contributed by atoms with Crippen molar-refractivity contribution < 1.29 is 13.2 Å². The second-order valence-electron chi connectivity index (χ2n) is 4.53. The van der Waals surface area contributed by atoms with Crippen LogP contribution in [0.2, 0.25) is 0 Å². The van der Waals surface area contributed by atoms with Crippen molar-refractivity contribution in [2.45, 2.75) is 25.7 Å². The predicted octanol–water partition coefficient (Wildman–Crippen LogP) is 3.99. The molecule has 21 heavy (non-hydrogen) atoms. The molecule has 0 fully saturated rings. The van der Waals surface area contributed by atoms with Gasteiger partial charge in [0.1, 0.15) is 5.82 Å². The zero-order valence-corrected chi connectivity index (χ0v) is 13.2. The van der Waals surface area contributed by atoms with E-state index in [1.165, 1.54) is 6.07 Å². The molecule has 0 amide bonds. The van der Waals surface area contributed by atoms with Gasteiger partial charge in [-0.1, -0.05) is 15.9 Å². The fourth-order valence-corrected chi connectivity index (χ4v) is 2.69. The zero-order chi connectivity index (χ0) is 15.6.